The average molecular weight is 356 g/mol. The molecule has 0 aliphatic rings. The topological polar surface area (TPSA) is 72.0 Å². The minimum Gasteiger partial charge on any atom is -0.464 e. The molecule has 1 aromatic heterocycles. The number of anilines is 3. The number of rotatable bonds is 6. The molecule has 2 aromatic rings. The summed E-state index contributed by atoms with van der Waals surface area (Å²) in [5.74, 6) is 0.405. The number of aromatic nitrogens is 3. The number of nitrogens with zero attached hydrogens (tertiary/aromatic N) is 3. The van der Waals surface area contributed by atoms with Gasteiger partial charge in [-0.2, -0.15) is 15.0 Å². The molecule has 0 atom stereocenters. The van der Waals surface area contributed by atoms with Crippen LogP contribution in [-0.4, -0.2) is 28.1 Å². The molecule has 1 aromatic carbocycles. The van der Waals surface area contributed by atoms with Gasteiger partial charge in [0, 0.05) is 12.2 Å². The van der Waals surface area contributed by atoms with E-state index in [0.717, 1.165) is 0 Å². The summed E-state index contributed by atoms with van der Waals surface area (Å²) < 4.78 is 18.9. The maximum absolute atomic E-state index is 13.2. The molecule has 0 aliphatic heterocycles. The van der Waals surface area contributed by atoms with Crippen molar-refractivity contribution in [1.82, 2.24) is 15.0 Å². The molecule has 0 spiro atoms. The molecule has 0 fully saturated rings. The molecule has 2 rings (SSSR count). The zero-order valence-corrected chi connectivity index (χ0v) is 13.2. The van der Waals surface area contributed by atoms with Gasteiger partial charge in [-0.25, -0.2) is 4.39 Å². The molecule has 0 saturated carbocycles. The van der Waals surface area contributed by atoms with Crippen LogP contribution >= 0.6 is 15.9 Å². The van der Waals surface area contributed by atoms with Crippen LogP contribution in [0.2, 0.25) is 0 Å². The highest BCUT2D eigenvalue weighted by Crippen LogP contribution is 2.22. The first-order valence-electron chi connectivity index (χ1n) is 6.47. The largest absolute Gasteiger partial charge is 0.464 e. The quantitative estimate of drug-likeness (QED) is 0.827. The normalized spacial score (nSPS) is 10.3. The van der Waals surface area contributed by atoms with Crippen LogP contribution in [0.25, 0.3) is 0 Å². The summed E-state index contributed by atoms with van der Waals surface area (Å²) in [6.07, 6.45) is 0. The summed E-state index contributed by atoms with van der Waals surface area (Å²) in [5.41, 5.74) is 0.652. The van der Waals surface area contributed by atoms with Gasteiger partial charge in [-0.05, 0) is 48.0 Å². The third-order valence-corrected chi connectivity index (χ3v) is 3.01. The Morgan fingerprint density at radius 1 is 1.19 bits per heavy atom. The first kappa shape index (κ1) is 15.4. The molecule has 8 heteroatoms. The number of nitrogens with one attached hydrogen (secondary N) is 2. The average Bonchev–Trinajstić information content (AvgIpc) is 2.43. The van der Waals surface area contributed by atoms with Gasteiger partial charge in [0.15, 0.2) is 0 Å². The molecule has 0 unspecified atom stereocenters. The second kappa shape index (κ2) is 7.16. The van der Waals surface area contributed by atoms with E-state index in [0.29, 0.717) is 35.2 Å². The van der Waals surface area contributed by atoms with Gasteiger partial charge < -0.3 is 15.4 Å². The van der Waals surface area contributed by atoms with E-state index in [1.807, 2.05) is 13.8 Å². The van der Waals surface area contributed by atoms with Crippen molar-refractivity contribution in [1.29, 1.82) is 0 Å². The maximum Gasteiger partial charge on any atom is 0.323 e. The molecular weight excluding hydrogens is 341 g/mol. The van der Waals surface area contributed by atoms with Crippen molar-refractivity contribution in [2.45, 2.75) is 13.8 Å². The van der Waals surface area contributed by atoms with E-state index < -0.39 is 0 Å². The van der Waals surface area contributed by atoms with E-state index in [-0.39, 0.29) is 11.8 Å². The summed E-state index contributed by atoms with van der Waals surface area (Å²) in [4.78, 5) is 12.5. The lowest BCUT2D eigenvalue weighted by Gasteiger charge is -2.09. The lowest BCUT2D eigenvalue weighted by Crippen LogP contribution is -2.09. The van der Waals surface area contributed by atoms with Gasteiger partial charge >= 0.3 is 6.01 Å². The fourth-order valence-electron chi connectivity index (χ4n) is 1.55. The van der Waals surface area contributed by atoms with E-state index in [1.54, 1.807) is 12.1 Å². The molecule has 0 radical (unpaired) electrons. The van der Waals surface area contributed by atoms with Crippen LogP contribution in [0.5, 0.6) is 6.01 Å². The first-order chi connectivity index (χ1) is 10.1. The Balaban J connectivity index is 2.26. The summed E-state index contributed by atoms with van der Waals surface area (Å²) in [7, 11) is 0. The minimum atomic E-state index is -0.334. The van der Waals surface area contributed by atoms with Crippen molar-refractivity contribution in [2.24, 2.45) is 0 Å². The maximum atomic E-state index is 13.2. The Morgan fingerprint density at radius 2 is 1.95 bits per heavy atom. The standard InChI is InChI=1S/C13H15BrFN5O/c1-3-16-11-18-12(20-13(19-11)21-4-2)17-8-5-6-10(15)9(14)7-8/h5-7H,3-4H2,1-2H3,(H2,16,17,18,19,20). The third kappa shape index (κ3) is 4.25. The first-order valence-corrected chi connectivity index (χ1v) is 7.26. The van der Waals surface area contributed by atoms with Crippen molar-refractivity contribution in [3.8, 4) is 6.01 Å². The van der Waals surface area contributed by atoms with Gasteiger partial charge in [0.2, 0.25) is 11.9 Å². The molecule has 112 valence electrons. The highest BCUT2D eigenvalue weighted by atomic mass is 79.9. The zero-order valence-electron chi connectivity index (χ0n) is 11.7. The molecule has 0 aliphatic carbocycles. The van der Waals surface area contributed by atoms with E-state index in [9.17, 15) is 4.39 Å². The smallest absolute Gasteiger partial charge is 0.323 e. The van der Waals surface area contributed by atoms with Gasteiger partial charge in [0.1, 0.15) is 5.82 Å². The summed E-state index contributed by atoms with van der Waals surface area (Å²) in [6.45, 7) is 4.92. The zero-order chi connectivity index (χ0) is 15.2. The van der Waals surface area contributed by atoms with Crippen LogP contribution in [0.1, 0.15) is 13.8 Å². The Morgan fingerprint density at radius 3 is 2.62 bits per heavy atom. The monoisotopic (exact) mass is 355 g/mol. The second-order valence-corrected chi connectivity index (χ2v) is 4.84. The number of hydrogen-bond acceptors (Lipinski definition) is 6. The van der Waals surface area contributed by atoms with Gasteiger partial charge in [0.05, 0.1) is 11.1 Å². The van der Waals surface area contributed by atoms with Gasteiger partial charge in [-0.15, -0.1) is 0 Å². The van der Waals surface area contributed by atoms with Crippen LogP contribution in [0, 0.1) is 5.82 Å². The van der Waals surface area contributed by atoms with Crippen molar-refractivity contribution >= 4 is 33.5 Å². The van der Waals surface area contributed by atoms with Crippen LogP contribution < -0.4 is 15.4 Å². The molecule has 21 heavy (non-hydrogen) atoms. The van der Waals surface area contributed by atoms with Crippen molar-refractivity contribution in [3.05, 3.63) is 28.5 Å². The number of halogens is 2. The summed E-state index contributed by atoms with van der Waals surface area (Å²) in [6, 6.07) is 4.78. The molecule has 1 heterocycles. The van der Waals surface area contributed by atoms with Crippen molar-refractivity contribution in [2.75, 3.05) is 23.8 Å². The summed E-state index contributed by atoms with van der Waals surface area (Å²) in [5, 5.41) is 5.99. The predicted molar refractivity (Wildman–Crippen MR) is 82.5 cm³/mol. The second-order valence-electron chi connectivity index (χ2n) is 3.98. The number of benzene rings is 1. The number of ether oxygens (including phenoxy) is 1. The lowest BCUT2D eigenvalue weighted by molar-refractivity contribution is 0.312. The highest BCUT2D eigenvalue weighted by Gasteiger charge is 2.08. The van der Waals surface area contributed by atoms with Crippen molar-refractivity contribution < 1.29 is 9.13 Å². The van der Waals surface area contributed by atoms with Crippen LogP contribution in [0.4, 0.5) is 22.0 Å². The fourth-order valence-corrected chi connectivity index (χ4v) is 1.92. The molecular formula is C13H15BrFN5O. The molecule has 0 bridgehead atoms. The van der Waals surface area contributed by atoms with Crippen molar-refractivity contribution in [3.63, 3.8) is 0 Å². The Kier molecular flexibility index (Phi) is 5.26. The van der Waals surface area contributed by atoms with E-state index >= 15 is 0 Å². The minimum absolute atomic E-state index is 0.229. The Hall–Kier alpha value is -1.96. The Labute approximate surface area is 130 Å². The SMILES string of the molecule is CCNc1nc(Nc2ccc(F)c(Br)c2)nc(OCC)n1. The fraction of sp³-hybridized carbons (Fsp3) is 0.308. The highest BCUT2D eigenvalue weighted by molar-refractivity contribution is 9.10. The van der Waals surface area contributed by atoms with Crippen LogP contribution in [-0.2, 0) is 0 Å². The molecule has 0 saturated heterocycles. The summed E-state index contributed by atoms with van der Waals surface area (Å²) >= 11 is 3.13. The molecule has 0 amide bonds. The molecule has 6 nitrogen and oxygen atoms in total. The van der Waals surface area contributed by atoms with Gasteiger partial charge in [0.25, 0.3) is 0 Å². The lowest BCUT2D eigenvalue weighted by atomic mass is 10.3. The van der Waals surface area contributed by atoms with E-state index in [4.69, 9.17) is 4.74 Å². The van der Waals surface area contributed by atoms with E-state index in [2.05, 4.69) is 41.5 Å². The van der Waals surface area contributed by atoms with Gasteiger partial charge in [-0.1, -0.05) is 0 Å². The van der Waals surface area contributed by atoms with E-state index in [1.165, 1.54) is 6.07 Å². The van der Waals surface area contributed by atoms with Crippen LogP contribution in [0.15, 0.2) is 22.7 Å². The third-order valence-electron chi connectivity index (χ3n) is 2.40. The van der Waals surface area contributed by atoms with Crippen LogP contribution in [0.3, 0.4) is 0 Å². The molecule has 2 N–H and O–H groups in total. The predicted octanol–water partition coefficient (Wildman–Crippen LogP) is 3.35. The Bertz CT molecular complexity index is 601. The van der Waals surface area contributed by atoms with Gasteiger partial charge in [-0.3, -0.25) is 0 Å². The number of hydrogen-bond donors (Lipinski definition) is 2.